The van der Waals surface area contributed by atoms with Gasteiger partial charge in [-0.15, -0.1) is 0 Å². The van der Waals surface area contributed by atoms with E-state index in [2.05, 4.69) is 16.0 Å². The Kier molecular flexibility index (Phi) is 11.5. The Bertz CT molecular complexity index is 835. The van der Waals surface area contributed by atoms with E-state index in [0.29, 0.717) is 5.56 Å². The van der Waals surface area contributed by atoms with E-state index in [-0.39, 0.29) is 19.3 Å². The number of carbonyl (C=O) groups excluding carboxylic acids is 4. The molecule has 10 N–H and O–H groups in total. The summed E-state index contributed by atoms with van der Waals surface area (Å²) in [5.74, 6) is -4.83. The van der Waals surface area contributed by atoms with Crippen molar-refractivity contribution in [2.45, 2.75) is 43.4 Å². The van der Waals surface area contributed by atoms with Gasteiger partial charge in [-0.1, -0.05) is 30.3 Å². The van der Waals surface area contributed by atoms with E-state index in [4.69, 9.17) is 16.6 Å². The molecule has 0 aliphatic carbocycles. The van der Waals surface area contributed by atoms with Crippen molar-refractivity contribution in [1.29, 1.82) is 0 Å². The topological polar surface area (TPSA) is 234 Å². The molecule has 0 radical (unpaired) electrons. The van der Waals surface area contributed by atoms with Crippen LogP contribution in [0.5, 0.6) is 0 Å². The molecule has 0 saturated carbocycles. The maximum absolute atomic E-state index is 12.8. The van der Waals surface area contributed by atoms with Crippen LogP contribution in [0.15, 0.2) is 30.3 Å². The van der Waals surface area contributed by atoms with Gasteiger partial charge in [-0.05, 0) is 12.0 Å². The number of nitrogens with one attached hydrogen (secondary N) is 3. The molecule has 0 aliphatic rings. The first-order valence-electron chi connectivity index (χ1n) is 10.0. The van der Waals surface area contributed by atoms with Gasteiger partial charge in [0, 0.05) is 12.8 Å². The maximum Gasteiger partial charge on any atom is 0.326 e. The third-order valence-electron chi connectivity index (χ3n) is 4.56. The smallest absolute Gasteiger partial charge is 0.326 e. The predicted molar refractivity (Wildman–Crippen MR) is 114 cm³/mol. The molecule has 182 valence electrons. The Morgan fingerprint density at radius 1 is 0.818 bits per heavy atom. The van der Waals surface area contributed by atoms with E-state index < -0.39 is 67.0 Å². The summed E-state index contributed by atoms with van der Waals surface area (Å²) in [4.78, 5) is 59.7. The normalized spacial score (nSPS) is 14.3. The van der Waals surface area contributed by atoms with Crippen molar-refractivity contribution in [3.8, 4) is 0 Å². The quantitative estimate of drug-likeness (QED) is 0.134. The number of aliphatic carboxylic acids is 1. The Balaban J connectivity index is 3.01. The van der Waals surface area contributed by atoms with Gasteiger partial charge < -0.3 is 42.7 Å². The van der Waals surface area contributed by atoms with Crippen LogP contribution in [0.25, 0.3) is 0 Å². The zero-order chi connectivity index (χ0) is 25.0. The molecule has 0 fully saturated rings. The number of hydrogen-bond donors (Lipinski definition) is 8. The lowest BCUT2D eigenvalue weighted by Gasteiger charge is -2.24. The molecule has 4 unspecified atom stereocenters. The first-order valence-corrected chi connectivity index (χ1v) is 10.0. The van der Waals surface area contributed by atoms with Gasteiger partial charge in [0.05, 0.1) is 13.2 Å². The van der Waals surface area contributed by atoms with Crippen molar-refractivity contribution in [3.63, 3.8) is 0 Å². The highest BCUT2D eigenvalue weighted by atomic mass is 16.4. The lowest BCUT2D eigenvalue weighted by molar-refractivity contribution is -0.142. The number of benzene rings is 1. The highest BCUT2D eigenvalue weighted by molar-refractivity contribution is 5.94. The molecule has 0 spiro atoms. The molecule has 4 amide bonds. The highest BCUT2D eigenvalue weighted by Crippen LogP contribution is 2.06. The molecule has 13 heteroatoms. The van der Waals surface area contributed by atoms with E-state index in [1.165, 1.54) is 0 Å². The van der Waals surface area contributed by atoms with Gasteiger partial charge in [0.15, 0.2) is 0 Å². The molecule has 0 heterocycles. The minimum absolute atomic E-state index is 0.0389. The molecule has 4 atom stereocenters. The Labute approximate surface area is 189 Å². The van der Waals surface area contributed by atoms with Crippen LogP contribution in [-0.4, -0.2) is 82.3 Å². The number of carboxylic acid groups (broad SMARTS) is 1. The van der Waals surface area contributed by atoms with Gasteiger partial charge in [0.25, 0.3) is 0 Å². The van der Waals surface area contributed by atoms with Gasteiger partial charge >= 0.3 is 5.97 Å². The molecule has 0 bridgehead atoms. The summed E-state index contributed by atoms with van der Waals surface area (Å²) in [5.41, 5.74) is 11.0. The molecule has 0 aromatic heterocycles. The third-order valence-corrected chi connectivity index (χ3v) is 4.56. The molecule has 0 aliphatic heterocycles. The number of hydrogen-bond acceptors (Lipinski definition) is 8. The Morgan fingerprint density at radius 2 is 1.36 bits per heavy atom. The largest absolute Gasteiger partial charge is 0.480 e. The van der Waals surface area contributed by atoms with Crippen molar-refractivity contribution in [2.75, 3.05) is 13.2 Å². The van der Waals surface area contributed by atoms with Gasteiger partial charge in [-0.25, -0.2) is 4.79 Å². The summed E-state index contributed by atoms with van der Waals surface area (Å²) >= 11 is 0. The number of amides is 4. The summed E-state index contributed by atoms with van der Waals surface area (Å²) < 4.78 is 0. The average Bonchev–Trinajstić information content (AvgIpc) is 2.78. The number of primary amides is 1. The summed E-state index contributed by atoms with van der Waals surface area (Å²) in [6.07, 6.45) is -0.573. The van der Waals surface area contributed by atoms with Crippen molar-refractivity contribution < 1.29 is 39.3 Å². The molecular formula is C20H29N5O8. The first-order chi connectivity index (χ1) is 15.6. The van der Waals surface area contributed by atoms with E-state index in [1.807, 2.05) is 0 Å². The summed E-state index contributed by atoms with van der Waals surface area (Å²) in [5, 5.41) is 34.5. The van der Waals surface area contributed by atoms with Crippen molar-refractivity contribution in [2.24, 2.45) is 11.5 Å². The lowest BCUT2D eigenvalue weighted by atomic mass is 10.0. The van der Waals surface area contributed by atoms with Gasteiger partial charge in [0.1, 0.15) is 24.2 Å². The maximum atomic E-state index is 12.8. The van der Waals surface area contributed by atoms with Gasteiger partial charge in [0.2, 0.25) is 23.6 Å². The zero-order valence-electron chi connectivity index (χ0n) is 17.8. The van der Waals surface area contributed by atoms with E-state index in [1.54, 1.807) is 30.3 Å². The van der Waals surface area contributed by atoms with Crippen LogP contribution < -0.4 is 27.4 Å². The number of carboxylic acids is 1. The minimum atomic E-state index is -1.48. The first kappa shape index (κ1) is 27.5. The second-order valence-corrected chi connectivity index (χ2v) is 7.19. The molecule has 13 nitrogen and oxygen atoms in total. The standard InChI is InChI=1S/C20H29N5O8/c21-12(9-26)17(29)25-15(10-27)19(31)24-14(8-11-4-2-1-3-5-11)18(30)23-13(20(32)33)6-7-16(22)28/h1-5,12-15,26-27H,6-10,21H2,(H2,22,28)(H,23,30)(H,24,31)(H,25,29)(H,32,33). The van der Waals surface area contributed by atoms with E-state index >= 15 is 0 Å². The average molecular weight is 467 g/mol. The van der Waals surface area contributed by atoms with Crippen LogP contribution >= 0.6 is 0 Å². The van der Waals surface area contributed by atoms with Crippen LogP contribution in [0.3, 0.4) is 0 Å². The summed E-state index contributed by atoms with van der Waals surface area (Å²) in [6.45, 7) is -1.52. The second-order valence-electron chi connectivity index (χ2n) is 7.19. The molecular weight excluding hydrogens is 438 g/mol. The fourth-order valence-corrected chi connectivity index (χ4v) is 2.70. The Morgan fingerprint density at radius 3 is 1.88 bits per heavy atom. The van der Waals surface area contributed by atoms with Crippen LogP contribution in [0.4, 0.5) is 0 Å². The van der Waals surface area contributed by atoms with Crippen LogP contribution in [0.1, 0.15) is 18.4 Å². The van der Waals surface area contributed by atoms with E-state index in [9.17, 15) is 34.2 Å². The molecule has 0 saturated heterocycles. The molecule has 33 heavy (non-hydrogen) atoms. The number of aliphatic hydroxyl groups excluding tert-OH is 2. The van der Waals surface area contributed by atoms with Crippen molar-refractivity contribution in [3.05, 3.63) is 35.9 Å². The summed E-state index contributed by atoms with van der Waals surface area (Å²) in [7, 11) is 0. The Hall–Kier alpha value is -3.55. The number of rotatable bonds is 14. The molecule has 1 rings (SSSR count). The predicted octanol–water partition coefficient (Wildman–Crippen LogP) is -3.65. The fraction of sp³-hybridized carbons (Fsp3) is 0.450. The lowest BCUT2D eigenvalue weighted by Crippen LogP contribution is -2.58. The van der Waals surface area contributed by atoms with Gasteiger partial charge in [-0.2, -0.15) is 0 Å². The highest BCUT2D eigenvalue weighted by Gasteiger charge is 2.30. The van der Waals surface area contributed by atoms with Crippen molar-refractivity contribution in [1.82, 2.24) is 16.0 Å². The number of carbonyl (C=O) groups is 5. The SMILES string of the molecule is NC(=O)CCC(NC(=O)C(Cc1ccccc1)NC(=O)C(CO)NC(=O)C(N)CO)C(=O)O. The minimum Gasteiger partial charge on any atom is -0.480 e. The zero-order valence-corrected chi connectivity index (χ0v) is 17.8. The van der Waals surface area contributed by atoms with Crippen LogP contribution in [0, 0.1) is 0 Å². The molecule has 1 aromatic carbocycles. The van der Waals surface area contributed by atoms with Crippen LogP contribution in [0.2, 0.25) is 0 Å². The van der Waals surface area contributed by atoms with Crippen LogP contribution in [-0.2, 0) is 30.4 Å². The molecule has 1 aromatic rings. The van der Waals surface area contributed by atoms with E-state index in [0.717, 1.165) is 0 Å². The van der Waals surface area contributed by atoms with Crippen molar-refractivity contribution >= 4 is 29.6 Å². The number of aliphatic hydroxyl groups is 2. The summed E-state index contributed by atoms with van der Waals surface area (Å²) in [6, 6.07) is 2.98. The fourth-order valence-electron chi connectivity index (χ4n) is 2.70. The second kappa shape index (κ2) is 13.8. The monoisotopic (exact) mass is 467 g/mol. The van der Waals surface area contributed by atoms with Gasteiger partial charge in [-0.3, -0.25) is 19.2 Å². The third kappa shape index (κ3) is 9.64. The number of nitrogens with two attached hydrogens (primary N) is 2.